The van der Waals surface area contributed by atoms with Gasteiger partial charge in [-0.15, -0.1) is 0 Å². The van der Waals surface area contributed by atoms with Crippen LogP contribution in [0.3, 0.4) is 0 Å². The molecule has 1 fully saturated rings. The highest BCUT2D eigenvalue weighted by molar-refractivity contribution is 4.72. The summed E-state index contributed by atoms with van der Waals surface area (Å²) in [5, 5.41) is 3.35. The topological polar surface area (TPSA) is 12.0 Å². The van der Waals surface area contributed by atoms with Gasteiger partial charge in [-0.3, -0.25) is 0 Å². The van der Waals surface area contributed by atoms with E-state index in [0.29, 0.717) is 0 Å². The average Bonchev–Trinajstić information content (AvgIpc) is 2.80. The fourth-order valence-corrected chi connectivity index (χ4v) is 1.44. The predicted molar refractivity (Wildman–Crippen MR) is 49.7 cm³/mol. The van der Waals surface area contributed by atoms with Crippen molar-refractivity contribution >= 4 is 0 Å². The molecule has 0 aromatic rings. The Kier molecular flexibility index (Phi) is 4.60. The van der Waals surface area contributed by atoms with Gasteiger partial charge in [0.25, 0.3) is 0 Å². The molecule has 1 rings (SSSR count). The molecule has 66 valence electrons. The molecule has 0 aliphatic heterocycles. The minimum atomic E-state index is 1.13. The van der Waals surface area contributed by atoms with Gasteiger partial charge in [0.15, 0.2) is 0 Å². The molecule has 0 unspecified atom stereocenters. The Balaban J connectivity index is 1.66. The molecule has 1 nitrogen and oxygen atoms in total. The van der Waals surface area contributed by atoms with Gasteiger partial charge in [0.05, 0.1) is 0 Å². The average molecular weight is 155 g/mol. The highest BCUT2D eigenvalue weighted by atomic mass is 14.8. The number of hydrogen-bond donors (Lipinski definition) is 1. The van der Waals surface area contributed by atoms with Gasteiger partial charge in [-0.2, -0.15) is 0 Å². The first-order valence-electron chi connectivity index (χ1n) is 5.14. The molecule has 1 aliphatic rings. The lowest BCUT2D eigenvalue weighted by atomic mass is 10.1. The third-order valence-corrected chi connectivity index (χ3v) is 2.41. The van der Waals surface area contributed by atoms with Gasteiger partial charge in [-0.05, 0) is 25.4 Å². The van der Waals surface area contributed by atoms with Crippen LogP contribution >= 0.6 is 0 Å². The molecular weight excluding hydrogens is 134 g/mol. The lowest BCUT2D eigenvalue weighted by Crippen LogP contribution is -2.13. The fraction of sp³-hybridized carbons (Fsp3) is 1.00. The zero-order valence-corrected chi connectivity index (χ0v) is 7.73. The second kappa shape index (κ2) is 5.59. The number of hydrogen-bond acceptors (Lipinski definition) is 1. The van der Waals surface area contributed by atoms with Crippen molar-refractivity contribution in [1.29, 1.82) is 0 Å². The summed E-state index contributed by atoms with van der Waals surface area (Å²) in [6, 6.07) is 0. The molecule has 1 N–H and O–H groups in total. The second-order valence-corrected chi connectivity index (χ2v) is 3.65. The van der Waals surface area contributed by atoms with Crippen LogP contribution in [-0.4, -0.2) is 13.1 Å². The van der Waals surface area contributed by atoms with Crippen molar-refractivity contribution in [3.8, 4) is 0 Å². The Bertz CT molecular complexity index is 86.9. The number of unbranched alkanes of at least 4 members (excludes halogenated alkanes) is 2. The van der Waals surface area contributed by atoms with Crippen LogP contribution in [0.5, 0.6) is 0 Å². The smallest absolute Gasteiger partial charge is 0.00490 e. The van der Waals surface area contributed by atoms with Gasteiger partial charge in [0.2, 0.25) is 0 Å². The largest absolute Gasteiger partial charge is 0.317 e. The van der Waals surface area contributed by atoms with Gasteiger partial charge in [-0.25, -0.2) is 0 Å². The molecule has 1 aliphatic carbocycles. The summed E-state index contributed by atoms with van der Waals surface area (Å²) in [6.07, 6.45) is 8.83. The van der Waals surface area contributed by atoms with E-state index in [1.165, 1.54) is 45.1 Å². The summed E-state index contributed by atoms with van der Waals surface area (Å²) < 4.78 is 0. The van der Waals surface area contributed by atoms with Crippen LogP contribution in [0.15, 0.2) is 0 Å². The minimum absolute atomic E-state index is 1.13. The quantitative estimate of drug-likeness (QED) is 0.557. The minimum Gasteiger partial charge on any atom is -0.317 e. The third-order valence-electron chi connectivity index (χ3n) is 2.41. The van der Waals surface area contributed by atoms with E-state index in [4.69, 9.17) is 0 Å². The summed E-state index contributed by atoms with van der Waals surface area (Å²) in [4.78, 5) is 0. The highest BCUT2D eigenvalue weighted by Gasteiger charge is 2.19. The molecule has 0 amide bonds. The van der Waals surface area contributed by atoms with Crippen molar-refractivity contribution < 1.29 is 0 Å². The molecule has 0 bridgehead atoms. The monoisotopic (exact) mass is 155 g/mol. The van der Waals surface area contributed by atoms with Gasteiger partial charge < -0.3 is 5.32 Å². The molecule has 11 heavy (non-hydrogen) atoms. The highest BCUT2D eigenvalue weighted by Crippen LogP contribution is 2.33. The maximum Gasteiger partial charge on any atom is -0.00490 e. The van der Waals surface area contributed by atoms with Crippen LogP contribution in [0.4, 0.5) is 0 Å². The number of nitrogens with one attached hydrogen (secondary N) is 1. The maximum absolute atomic E-state index is 3.35. The van der Waals surface area contributed by atoms with Crippen LogP contribution in [0.2, 0.25) is 0 Å². The predicted octanol–water partition coefficient (Wildman–Crippen LogP) is 2.57. The van der Waals surface area contributed by atoms with E-state index < -0.39 is 0 Å². The van der Waals surface area contributed by atoms with Crippen molar-refractivity contribution in [1.82, 2.24) is 5.32 Å². The number of rotatable bonds is 7. The molecule has 1 saturated carbocycles. The summed E-state index contributed by atoms with van der Waals surface area (Å²) in [5.41, 5.74) is 0. The molecule has 0 atom stereocenters. The van der Waals surface area contributed by atoms with Crippen LogP contribution < -0.4 is 5.32 Å². The van der Waals surface area contributed by atoms with E-state index in [0.717, 1.165) is 12.5 Å². The zero-order chi connectivity index (χ0) is 7.94. The first-order chi connectivity index (χ1) is 5.43. The summed E-state index contributed by atoms with van der Waals surface area (Å²) in [6.45, 7) is 4.52. The van der Waals surface area contributed by atoms with Crippen molar-refractivity contribution in [3.63, 3.8) is 0 Å². The molecule has 0 saturated heterocycles. The molecule has 0 radical (unpaired) electrons. The van der Waals surface area contributed by atoms with Gasteiger partial charge in [0.1, 0.15) is 0 Å². The first kappa shape index (κ1) is 9.05. The first-order valence-corrected chi connectivity index (χ1v) is 5.14. The third kappa shape index (κ3) is 5.25. The Labute approximate surface area is 70.6 Å². The van der Waals surface area contributed by atoms with E-state index in [9.17, 15) is 0 Å². The molecule has 0 spiro atoms. The van der Waals surface area contributed by atoms with Crippen LogP contribution in [0.25, 0.3) is 0 Å². The summed E-state index contributed by atoms with van der Waals surface area (Å²) in [5.74, 6) is 1.13. The molecule has 0 aromatic carbocycles. The van der Waals surface area contributed by atoms with E-state index in [1.54, 1.807) is 0 Å². The van der Waals surface area contributed by atoms with E-state index in [-0.39, 0.29) is 0 Å². The summed E-state index contributed by atoms with van der Waals surface area (Å²) in [7, 11) is 0. The van der Waals surface area contributed by atoms with Crippen molar-refractivity contribution in [3.05, 3.63) is 0 Å². The molecular formula is C10H21N. The van der Waals surface area contributed by atoms with E-state index in [1.807, 2.05) is 0 Å². The molecule has 0 heterocycles. The van der Waals surface area contributed by atoms with E-state index >= 15 is 0 Å². The van der Waals surface area contributed by atoms with Crippen molar-refractivity contribution in [2.45, 2.75) is 45.4 Å². The second-order valence-electron chi connectivity index (χ2n) is 3.65. The van der Waals surface area contributed by atoms with Crippen LogP contribution in [0.1, 0.15) is 45.4 Å². The maximum atomic E-state index is 3.35. The zero-order valence-electron chi connectivity index (χ0n) is 7.73. The Morgan fingerprint density at radius 2 is 2.00 bits per heavy atom. The Hall–Kier alpha value is -0.0400. The van der Waals surface area contributed by atoms with E-state index in [2.05, 4.69) is 12.2 Å². The van der Waals surface area contributed by atoms with Crippen LogP contribution in [-0.2, 0) is 0 Å². The van der Waals surface area contributed by atoms with Gasteiger partial charge in [0, 0.05) is 0 Å². The van der Waals surface area contributed by atoms with Gasteiger partial charge >= 0.3 is 0 Å². The summed E-state index contributed by atoms with van der Waals surface area (Å²) >= 11 is 0. The Morgan fingerprint density at radius 1 is 1.18 bits per heavy atom. The molecule has 1 heteroatoms. The standard InChI is InChI=1S/C10H21N/c1-2-11-9-5-3-4-6-10-7-8-10/h10-11H,2-9H2,1H3. The van der Waals surface area contributed by atoms with Crippen molar-refractivity contribution in [2.24, 2.45) is 5.92 Å². The lowest BCUT2D eigenvalue weighted by molar-refractivity contribution is 0.576. The normalized spacial score (nSPS) is 17.2. The van der Waals surface area contributed by atoms with Crippen molar-refractivity contribution in [2.75, 3.05) is 13.1 Å². The lowest BCUT2D eigenvalue weighted by Gasteiger charge is -2.00. The molecule has 0 aromatic heterocycles. The van der Waals surface area contributed by atoms with Crippen LogP contribution in [0, 0.1) is 5.92 Å². The fourth-order valence-electron chi connectivity index (χ4n) is 1.44. The SMILES string of the molecule is CCNCCCCCC1CC1. The van der Waals surface area contributed by atoms with Gasteiger partial charge in [-0.1, -0.05) is 39.0 Å². The Morgan fingerprint density at radius 3 is 2.64 bits per heavy atom.